The van der Waals surface area contributed by atoms with Crippen molar-refractivity contribution in [3.05, 3.63) is 81.8 Å². The van der Waals surface area contributed by atoms with Crippen LogP contribution in [0.4, 0.5) is 0 Å². The number of thiazole rings is 1. The molecule has 1 aromatic heterocycles. The first-order valence-electron chi connectivity index (χ1n) is 9.17. The Morgan fingerprint density at radius 2 is 1.75 bits per heavy atom. The van der Waals surface area contributed by atoms with Crippen LogP contribution in [0.5, 0.6) is 5.75 Å². The predicted molar refractivity (Wildman–Crippen MR) is 113 cm³/mol. The van der Waals surface area contributed by atoms with Gasteiger partial charge in [-0.3, -0.25) is 9.78 Å². The number of rotatable bonds is 6. The monoisotopic (exact) mass is 390 g/mol. The number of amides is 1. The Morgan fingerprint density at radius 1 is 1.11 bits per heavy atom. The Kier molecular flexibility index (Phi) is 6.83. The van der Waals surface area contributed by atoms with Gasteiger partial charge in [0.25, 0.3) is 5.91 Å². The summed E-state index contributed by atoms with van der Waals surface area (Å²) in [6.45, 7) is 4.62. The summed E-state index contributed by atoms with van der Waals surface area (Å²) >= 11 is 1.34. The third-order valence-corrected chi connectivity index (χ3v) is 4.82. The van der Waals surface area contributed by atoms with E-state index in [1.807, 2.05) is 50.2 Å². The van der Waals surface area contributed by atoms with Crippen LogP contribution in [0.1, 0.15) is 40.2 Å². The van der Waals surface area contributed by atoms with Gasteiger partial charge in [0.15, 0.2) is 0 Å². The molecule has 3 aromatic rings. The number of nitrogens with one attached hydrogen (secondary N) is 1. The molecule has 142 valence electrons. The average Bonchev–Trinajstić information content (AvgIpc) is 3.24. The van der Waals surface area contributed by atoms with Gasteiger partial charge in [0.1, 0.15) is 10.6 Å². The molecule has 0 radical (unpaired) electrons. The van der Waals surface area contributed by atoms with E-state index in [-0.39, 0.29) is 11.9 Å². The lowest BCUT2D eigenvalue weighted by molar-refractivity contribution is 0.0944. The van der Waals surface area contributed by atoms with Crippen molar-refractivity contribution in [3.63, 3.8) is 0 Å². The van der Waals surface area contributed by atoms with E-state index in [9.17, 15) is 4.79 Å². The Balaban J connectivity index is 1.55. The molecule has 0 saturated carbocycles. The molecule has 0 aliphatic rings. The Hall–Kier alpha value is -3.10. The van der Waals surface area contributed by atoms with Crippen molar-refractivity contribution in [1.82, 2.24) is 10.3 Å². The number of benzene rings is 2. The van der Waals surface area contributed by atoms with Gasteiger partial charge in [0, 0.05) is 17.2 Å². The van der Waals surface area contributed by atoms with Gasteiger partial charge in [0.2, 0.25) is 0 Å². The summed E-state index contributed by atoms with van der Waals surface area (Å²) < 4.78 is 5.44. The van der Waals surface area contributed by atoms with Gasteiger partial charge in [0.05, 0.1) is 18.3 Å². The van der Waals surface area contributed by atoms with Crippen LogP contribution >= 0.6 is 11.3 Å². The molecule has 0 saturated heterocycles. The maximum Gasteiger partial charge on any atom is 0.263 e. The van der Waals surface area contributed by atoms with E-state index in [2.05, 4.69) is 34.3 Å². The van der Waals surface area contributed by atoms with Crippen LogP contribution in [0.25, 0.3) is 0 Å². The van der Waals surface area contributed by atoms with Crippen LogP contribution < -0.4 is 10.1 Å². The molecule has 2 aromatic carbocycles. The van der Waals surface area contributed by atoms with Crippen LogP contribution in [0.3, 0.4) is 0 Å². The van der Waals surface area contributed by atoms with Crippen molar-refractivity contribution < 1.29 is 9.53 Å². The molecule has 0 spiro atoms. The van der Waals surface area contributed by atoms with Gasteiger partial charge in [-0.1, -0.05) is 24.0 Å². The molecular weight excluding hydrogens is 368 g/mol. The molecule has 28 heavy (non-hydrogen) atoms. The second-order valence-corrected chi connectivity index (χ2v) is 7.23. The summed E-state index contributed by atoms with van der Waals surface area (Å²) in [4.78, 5) is 16.6. The molecule has 1 N–H and O–H groups in total. The summed E-state index contributed by atoms with van der Waals surface area (Å²) in [7, 11) is 0. The van der Waals surface area contributed by atoms with E-state index in [1.165, 1.54) is 11.3 Å². The van der Waals surface area contributed by atoms with Gasteiger partial charge in [-0.15, -0.1) is 11.3 Å². The van der Waals surface area contributed by atoms with Crippen LogP contribution in [0.15, 0.2) is 60.2 Å². The number of carbonyl (C=O) groups excluding carboxylic acids is 1. The number of hydrogen-bond acceptors (Lipinski definition) is 4. The number of carbonyl (C=O) groups is 1. The van der Waals surface area contributed by atoms with Crippen molar-refractivity contribution >= 4 is 17.2 Å². The fourth-order valence-corrected chi connectivity index (χ4v) is 3.22. The van der Waals surface area contributed by atoms with E-state index in [0.717, 1.165) is 28.9 Å². The van der Waals surface area contributed by atoms with Crippen molar-refractivity contribution in [1.29, 1.82) is 0 Å². The topological polar surface area (TPSA) is 51.2 Å². The molecular formula is C23H22N2O2S. The van der Waals surface area contributed by atoms with Crippen molar-refractivity contribution in [3.8, 4) is 17.6 Å². The number of hydrogen-bond donors (Lipinski definition) is 1. The van der Waals surface area contributed by atoms with Gasteiger partial charge in [-0.25, -0.2) is 0 Å². The smallest absolute Gasteiger partial charge is 0.263 e. The van der Waals surface area contributed by atoms with Gasteiger partial charge < -0.3 is 10.1 Å². The van der Waals surface area contributed by atoms with Crippen LogP contribution in [0, 0.1) is 11.8 Å². The minimum atomic E-state index is -0.0761. The summed E-state index contributed by atoms with van der Waals surface area (Å²) in [5.41, 5.74) is 4.72. The highest BCUT2D eigenvalue weighted by Crippen LogP contribution is 2.12. The van der Waals surface area contributed by atoms with Crippen molar-refractivity contribution in [2.75, 3.05) is 6.61 Å². The summed E-state index contributed by atoms with van der Waals surface area (Å²) in [5.74, 6) is 7.12. The molecule has 4 nitrogen and oxygen atoms in total. The summed E-state index contributed by atoms with van der Waals surface area (Å²) in [5, 5.41) is 3.00. The van der Waals surface area contributed by atoms with Crippen LogP contribution in [-0.4, -0.2) is 23.5 Å². The maximum atomic E-state index is 12.1. The molecule has 0 aliphatic carbocycles. The minimum absolute atomic E-state index is 0.0374. The number of aromatic nitrogens is 1. The lowest BCUT2D eigenvalue weighted by Crippen LogP contribution is -2.33. The molecule has 1 amide bonds. The highest BCUT2D eigenvalue weighted by Gasteiger charge is 2.11. The third-order valence-electron chi connectivity index (χ3n) is 4.05. The first-order chi connectivity index (χ1) is 13.6. The minimum Gasteiger partial charge on any atom is -0.494 e. The Labute approximate surface area is 169 Å². The zero-order valence-electron chi connectivity index (χ0n) is 15.9. The lowest BCUT2D eigenvalue weighted by atomic mass is 10.0. The predicted octanol–water partition coefficient (Wildman–Crippen LogP) is 4.30. The fraction of sp³-hybridized carbons (Fsp3) is 0.217. The second kappa shape index (κ2) is 9.72. The zero-order valence-corrected chi connectivity index (χ0v) is 16.8. The first-order valence-corrected chi connectivity index (χ1v) is 10.0. The van der Waals surface area contributed by atoms with E-state index in [1.54, 1.807) is 11.7 Å². The van der Waals surface area contributed by atoms with Gasteiger partial charge in [-0.05, 0) is 62.2 Å². The van der Waals surface area contributed by atoms with E-state index in [0.29, 0.717) is 11.5 Å². The largest absolute Gasteiger partial charge is 0.494 e. The molecule has 3 rings (SSSR count). The molecule has 1 atom stereocenters. The second-order valence-electron chi connectivity index (χ2n) is 6.35. The van der Waals surface area contributed by atoms with Crippen LogP contribution in [-0.2, 0) is 6.42 Å². The zero-order chi connectivity index (χ0) is 19.8. The molecule has 0 bridgehead atoms. The molecule has 5 heteroatoms. The van der Waals surface area contributed by atoms with Crippen molar-refractivity contribution in [2.24, 2.45) is 0 Å². The maximum absolute atomic E-state index is 12.1. The standard InChI is InChI=1S/C23H22N2O2S/c1-3-27-21-12-10-19(11-13-21)5-4-18-6-8-20(9-7-18)14-17(2)25-23(26)22-15-24-16-28-22/h6-13,15-17H,3,14H2,1-2H3,(H,25,26). The van der Waals surface area contributed by atoms with Crippen LogP contribution in [0.2, 0.25) is 0 Å². The van der Waals surface area contributed by atoms with Crippen molar-refractivity contribution in [2.45, 2.75) is 26.3 Å². The van der Waals surface area contributed by atoms with E-state index < -0.39 is 0 Å². The lowest BCUT2D eigenvalue weighted by Gasteiger charge is -2.13. The average molecular weight is 391 g/mol. The molecule has 0 aliphatic heterocycles. The fourth-order valence-electron chi connectivity index (χ4n) is 2.70. The first kappa shape index (κ1) is 19.7. The Bertz CT molecular complexity index is 953. The highest BCUT2D eigenvalue weighted by molar-refractivity contribution is 7.11. The van der Waals surface area contributed by atoms with Gasteiger partial charge in [-0.2, -0.15) is 0 Å². The molecule has 0 fully saturated rings. The summed E-state index contributed by atoms with van der Waals surface area (Å²) in [6.07, 6.45) is 2.35. The number of ether oxygens (including phenoxy) is 1. The van der Waals surface area contributed by atoms with Gasteiger partial charge >= 0.3 is 0 Å². The molecule has 1 heterocycles. The normalized spacial score (nSPS) is 11.2. The third kappa shape index (κ3) is 5.70. The quantitative estimate of drug-likeness (QED) is 0.639. The number of nitrogens with zero attached hydrogens (tertiary/aromatic N) is 1. The van der Waals surface area contributed by atoms with E-state index >= 15 is 0 Å². The molecule has 1 unspecified atom stereocenters. The Morgan fingerprint density at radius 3 is 2.32 bits per heavy atom. The van der Waals surface area contributed by atoms with E-state index in [4.69, 9.17) is 4.74 Å². The summed E-state index contributed by atoms with van der Waals surface area (Å²) in [6, 6.07) is 15.9. The highest BCUT2D eigenvalue weighted by atomic mass is 32.1. The SMILES string of the molecule is CCOc1ccc(C#Cc2ccc(CC(C)NC(=O)c3cncs3)cc2)cc1.